The van der Waals surface area contributed by atoms with Crippen LogP contribution in [0.1, 0.15) is 17.4 Å². The van der Waals surface area contributed by atoms with Crippen molar-refractivity contribution in [2.45, 2.75) is 20.4 Å². The minimum Gasteiger partial charge on any atom is -0.465 e. The van der Waals surface area contributed by atoms with Crippen molar-refractivity contribution in [3.8, 4) is 0 Å². The van der Waals surface area contributed by atoms with E-state index < -0.39 is 16.8 Å². The minimum atomic E-state index is -0.526. The van der Waals surface area contributed by atoms with Crippen LogP contribution in [0.3, 0.4) is 0 Å². The molecule has 1 amide bonds. The fourth-order valence-corrected chi connectivity index (χ4v) is 4.43. The van der Waals surface area contributed by atoms with Gasteiger partial charge in [-0.1, -0.05) is 28.7 Å². The van der Waals surface area contributed by atoms with E-state index in [4.69, 9.17) is 4.74 Å². The molecule has 3 rings (SSSR count). The maximum atomic E-state index is 12.3. The summed E-state index contributed by atoms with van der Waals surface area (Å²) in [6.45, 7) is 3.90. The van der Waals surface area contributed by atoms with Gasteiger partial charge < -0.3 is 9.30 Å². The van der Waals surface area contributed by atoms with E-state index in [-0.39, 0.29) is 18.2 Å². The Labute approximate surface area is 173 Å². The van der Waals surface area contributed by atoms with Crippen LogP contribution in [0.15, 0.2) is 41.4 Å². The lowest BCUT2D eigenvalue weighted by atomic mass is 10.2. The van der Waals surface area contributed by atoms with Crippen LogP contribution in [0.5, 0.6) is 0 Å². The Balaban J connectivity index is 1.94. The van der Waals surface area contributed by atoms with Gasteiger partial charge in [0.05, 0.1) is 21.7 Å². The van der Waals surface area contributed by atoms with Crippen molar-refractivity contribution in [3.05, 3.63) is 61.8 Å². The third-order valence-electron chi connectivity index (χ3n) is 3.82. The summed E-state index contributed by atoms with van der Waals surface area (Å²) in [4.78, 5) is 39.7. The molecule has 2 aromatic heterocycles. The highest BCUT2D eigenvalue weighted by Crippen LogP contribution is 2.25. The predicted molar refractivity (Wildman–Crippen MR) is 112 cm³/mol. The molecule has 0 unspecified atom stereocenters. The number of nitro groups is 1. The summed E-state index contributed by atoms with van der Waals surface area (Å²) in [7, 11) is 0. The number of carbonyl (C=O) groups is 2. The summed E-state index contributed by atoms with van der Waals surface area (Å²) < 4.78 is 7.58. The van der Waals surface area contributed by atoms with Crippen molar-refractivity contribution in [1.82, 2.24) is 4.57 Å². The van der Waals surface area contributed by atoms with Gasteiger partial charge in [0.1, 0.15) is 6.54 Å². The number of thiophene rings is 1. The van der Waals surface area contributed by atoms with Gasteiger partial charge in [0, 0.05) is 17.0 Å². The average molecular weight is 431 g/mol. The van der Waals surface area contributed by atoms with Crippen molar-refractivity contribution in [3.63, 3.8) is 0 Å². The van der Waals surface area contributed by atoms with Gasteiger partial charge in [-0.15, -0.1) is 0 Å². The summed E-state index contributed by atoms with van der Waals surface area (Å²) in [5.41, 5.74) is 1.84. The molecule has 0 fully saturated rings. The van der Waals surface area contributed by atoms with Gasteiger partial charge >= 0.3 is 11.0 Å². The first-order valence-electron chi connectivity index (χ1n) is 8.64. The van der Waals surface area contributed by atoms with Crippen molar-refractivity contribution < 1.29 is 19.2 Å². The fourth-order valence-electron chi connectivity index (χ4n) is 2.57. The quantitative estimate of drug-likeness (QED) is 0.256. The van der Waals surface area contributed by atoms with E-state index in [0.29, 0.717) is 9.68 Å². The summed E-state index contributed by atoms with van der Waals surface area (Å²) in [6, 6.07) is 8.71. The van der Waals surface area contributed by atoms with E-state index in [1.54, 1.807) is 17.6 Å². The number of ether oxygens (including phenoxy) is 1. The van der Waals surface area contributed by atoms with Gasteiger partial charge in [0.25, 0.3) is 5.91 Å². The van der Waals surface area contributed by atoms with Crippen molar-refractivity contribution in [2.24, 2.45) is 4.99 Å². The Hall–Kier alpha value is -3.11. The summed E-state index contributed by atoms with van der Waals surface area (Å²) in [6.07, 6.45) is 2.73. The zero-order valence-corrected chi connectivity index (χ0v) is 17.3. The molecule has 29 heavy (non-hydrogen) atoms. The molecule has 8 nitrogen and oxygen atoms in total. The zero-order valence-electron chi connectivity index (χ0n) is 15.7. The molecule has 3 aromatic rings. The number of thiazole rings is 1. The number of esters is 1. The van der Waals surface area contributed by atoms with Crippen LogP contribution in [0.4, 0.5) is 5.00 Å². The normalized spacial score (nSPS) is 12.0. The second-order valence-electron chi connectivity index (χ2n) is 5.96. The lowest BCUT2D eigenvalue weighted by molar-refractivity contribution is -0.380. The summed E-state index contributed by atoms with van der Waals surface area (Å²) in [5, 5.41) is 10.7. The molecule has 0 saturated carbocycles. The van der Waals surface area contributed by atoms with Crippen molar-refractivity contribution >= 4 is 55.8 Å². The second kappa shape index (κ2) is 8.93. The number of nitrogens with zero attached hydrogens (tertiary/aromatic N) is 3. The Bertz CT molecular complexity index is 1190. The zero-order chi connectivity index (χ0) is 21.0. The second-order valence-corrected chi connectivity index (χ2v) is 8.07. The van der Waals surface area contributed by atoms with Crippen molar-refractivity contribution in [2.75, 3.05) is 6.61 Å². The maximum absolute atomic E-state index is 12.3. The summed E-state index contributed by atoms with van der Waals surface area (Å²) >= 11 is 2.27. The highest BCUT2D eigenvalue weighted by Gasteiger charge is 2.12. The molecule has 0 aliphatic carbocycles. The van der Waals surface area contributed by atoms with Crippen LogP contribution < -0.4 is 4.80 Å². The molecule has 0 N–H and O–H groups in total. The Kier molecular flexibility index (Phi) is 6.35. The molecule has 0 spiro atoms. The van der Waals surface area contributed by atoms with Crippen LogP contribution in [0.2, 0.25) is 0 Å². The van der Waals surface area contributed by atoms with E-state index in [2.05, 4.69) is 4.99 Å². The van der Waals surface area contributed by atoms with Gasteiger partial charge in [0.2, 0.25) is 0 Å². The molecule has 150 valence electrons. The number of carbonyl (C=O) groups excluding carboxylic acids is 2. The first kappa shape index (κ1) is 20.6. The van der Waals surface area contributed by atoms with Crippen LogP contribution in [-0.4, -0.2) is 28.0 Å². The monoisotopic (exact) mass is 431 g/mol. The standard InChI is InChI=1S/C19H17N3O5S2/c1-3-27-18(24)11-21-14-7-4-12(2)10-15(14)29-19(21)20-16(23)8-5-13-6-9-17(28-13)22(25)26/h4-10H,3,11H2,1-2H3. The Morgan fingerprint density at radius 3 is 2.76 bits per heavy atom. The number of benzene rings is 1. The molecular weight excluding hydrogens is 414 g/mol. The topological polar surface area (TPSA) is 104 Å². The lowest BCUT2D eigenvalue weighted by Crippen LogP contribution is -2.22. The molecule has 1 aromatic carbocycles. The van der Waals surface area contributed by atoms with E-state index in [1.807, 2.05) is 25.1 Å². The SMILES string of the molecule is CCOC(=O)Cn1c(=NC(=O)C=Cc2ccc([N+](=O)[O-])s2)sc2cc(C)ccc21. The van der Waals surface area contributed by atoms with E-state index in [0.717, 1.165) is 27.1 Å². The van der Waals surface area contributed by atoms with E-state index >= 15 is 0 Å². The molecule has 0 saturated heterocycles. The molecule has 10 heteroatoms. The molecule has 0 bridgehead atoms. The molecule has 0 radical (unpaired) electrons. The number of hydrogen-bond donors (Lipinski definition) is 0. The largest absolute Gasteiger partial charge is 0.465 e. The molecule has 0 aliphatic heterocycles. The summed E-state index contributed by atoms with van der Waals surface area (Å²) in [5.74, 6) is -0.940. The fraction of sp³-hybridized carbons (Fsp3) is 0.211. The van der Waals surface area contributed by atoms with Crippen LogP contribution >= 0.6 is 22.7 Å². The lowest BCUT2D eigenvalue weighted by Gasteiger charge is -2.05. The molecule has 0 aliphatic rings. The number of rotatable bonds is 6. The van der Waals surface area contributed by atoms with Crippen LogP contribution in [-0.2, 0) is 20.9 Å². The highest BCUT2D eigenvalue weighted by atomic mass is 32.1. The number of amides is 1. The molecule has 2 heterocycles. The molecular formula is C19H17N3O5S2. The third-order valence-corrected chi connectivity index (χ3v) is 5.86. The van der Waals surface area contributed by atoms with E-state index in [1.165, 1.54) is 29.6 Å². The van der Waals surface area contributed by atoms with Crippen LogP contribution in [0.25, 0.3) is 16.3 Å². The van der Waals surface area contributed by atoms with Gasteiger partial charge in [-0.3, -0.25) is 19.7 Å². The third kappa shape index (κ3) is 5.04. The first-order valence-corrected chi connectivity index (χ1v) is 10.3. The smallest absolute Gasteiger partial charge is 0.326 e. The Morgan fingerprint density at radius 1 is 1.28 bits per heavy atom. The highest BCUT2D eigenvalue weighted by molar-refractivity contribution is 7.16. The van der Waals surface area contributed by atoms with Gasteiger partial charge in [-0.2, -0.15) is 4.99 Å². The maximum Gasteiger partial charge on any atom is 0.326 e. The van der Waals surface area contributed by atoms with E-state index in [9.17, 15) is 19.7 Å². The number of aromatic nitrogens is 1. The minimum absolute atomic E-state index is 0.00110. The number of hydrogen-bond acceptors (Lipinski definition) is 7. The van der Waals surface area contributed by atoms with Gasteiger partial charge in [0.15, 0.2) is 4.80 Å². The average Bonchev–Trinajstić information content (AvgIpc) is 3.25. The first-order chi connectivity index (χ1) is 13.9. The van der Waals surface area contributed by atoms with Gasteiger partial charge in [-0.25, -0.2) is 0 Å². The molecule has 0 atom stereocenters. The Morgan fingerprint density at radius 2 is 2.07 bits per heavy atom. The van der Waals surface area contributed by atoms with Crippen molar-refractivity contribution in [1.29, 1.82) is 0 Å². The van der Waals surface area contributed by atoms with Crippen LogP contribution in [0, 0.1) is 17.0 Å². The predicted octanol–water partition coefficient (Wildman–Crippen LogP) is 3.68. The van der Waals surface area contributed by atoms with Gasteiger partial charge in [-0.05, 0) is 43.7 Å². The number of fused-ring (bicyclic) bond motifs is 1. The number of aryl methyl sites for hydroxylation is 1.